The molecule has 1 unspecified atom stereocenters. The van der Waals surface area contributed by atoms with E-state index in [0.717, 1.165) is 12.8 Å². The monoisotopic (exact) mass is 209 g/mol. The fourth-order valence-corrected chi connectivity index (χ4v) is 2.25. The molecule has 0 aromatic rings. The van der Waals surface area contributed by atoms with Gasteiger partial charge in [0.1, 0.15) is 6.04 Å². The second kappa shape index (κ2) is 3.72. The fraction of sp³-hybridized carbons (Fsp3) is 1.00. The highest BCUT2D eigenvalue weighted by Crippen LogP contribution is 2.38. The smallest absolute Gasteiger partial charge is 0.292 e. The summed E-state index contributed by atoms with van der Waals surface area (Å²) < 4.78 is 38.5. The van der Waals surface area contributed by atoms with Crippen molar-refractivity contribution in [3.05, 3.63) is 0 Å². The third-order valence-electron chi connectivity index (χ3n) is 2.64. The van der Waals surface area contributed by atoms with Crippen molar-refractivity contribution in [1.82, 2.24) is 4.90 Å². The van der Waals surface area contributed by atoms with Crippen molar-refractivity contribution in [2.24, 2.45) is 5.41 Å². The molecule has 1 atom stereocenters. The minimum absolute atomic E-state index is 0.585. The van der Waals surface area contributed by atoms with E-state index < -0.39 is 17.6 Å². The van der Waals surface area contributed by atoms with Crippen LogP contribution in [0.2, 0.25) is 0 Å². The summed E-state index contributed by atoms with van der Waals surface area (Å²) in [5.41, 5.74) is -0.734. The molecule has 0 aromatic heterocycles. The van der Waals surface area contributed by atoms with E-state index in [1.54, 1.807) is 25.7 Å². The Morgan fingerprint density at radius 3 is 1.71 bits per heavy atom. The number of hydrogen-bond acceptors (Lipinski definition) is 1. The predicted octanol–water partition coefficient (Wildman–Crippen LogP) is 3.06. The highest BCUT2D eigenvalue weighted by Gasteiger charge is 2.50. The van der Waals surface area contributed by atoms with E-state index in [0.29, 0.717) is 13.1 Å². The van der Waals surface area contributed by atoms with Gasteiger partial charge in [-0.25, -0.2) is 0 Å². The van der Waals surface area contributed by atoms with Crippen molar-refractivity contribution in [2.75, 3.05) is 13.1 Å². The van der Waals surface area contributed by atoms with Gasteiger partial charge in [-0.15, -0.1) is 0 Å². The van der Waals surface area contributed by atoms with E-state index in [1.165, 1.54) is 0 Å². The lowest BCUT2D eigenvalue weighted by molar-refractivity contribution is -0.206. The second-order valence-corrected chi connectivity index (χ2v) is 5.05. The van der Waals surface area contributed by atoms with Gasteiger partial charge in [-0.05, 0) is 31.3 Å². The summed E-state index contributed by atoms with van der Waals surface area (Å²) in [5.74, 6) is 0. The molecular weight excluding hydrogens is 191 g/mol. The zero-order valence-electron chi connectivity index (χ0n) is 8.99. The topological polar surface area (TPSA) is 3.24 Å². The molecule has 84 valence electrons. The van der Waals surface area contributed by atoms with Crippen LogP contribution in [0.25, 0.3) is 0 Å². The Morgan fingerprint density at radius 2 is 1.43 bits per heavy atom. The van der Waals surface area contributed by atoms with Gasteiger partial charge >= 0.3 is 6.18 Å². The quantitative estimate of drug-likeness (QED) is 0.641. The lowest BCUT2D eigenvalue weighted by atomic mass is 9.85. The highest BCUT2D eigenvalue weighted by atomic mass is 19.4. The summed E-state index contributed by atoms with van der Waals surface area (Å²) in [7, 11) is 0. The zero-order valence-corrected chi connectivity index (χ0v) is 8.99. The Labute approximate surface area is 83.3 Å². The van der Waals surface area contributed by atoms with Crippen molar-refractivity contribution in [3.63, 3.8) is 0 Å². The number of rotatable bonds is 1. The average molecular weight is 209 g/mol. The van der Waals surface area contributed by atoms with Crippen LogP contribution in [-0.2, 0) is 0 Å². The molecule has 0 aliphatic carbocycles. The molecule has 0 radical (unpaired) electrons. The van der Waals surface area contributed by atoms with Crippen molar-refractivity contribution in [1.29, 1.82) is 0 Å². The van der Waals surface area contributed by atoms with Gasteiger partial charge in [0, 0.05) is 0 Å². The van der Waals surface area contributed by atoms with Gasteiger partial charge in [-0.2, -0.15) is 13.2 Å². The SMILES string of the molecule is CC(C)(C)C(N1CCCC1)C(F)(F)F. The van der Waals surface area contributed by atoms with E-state index in [9.17, 15) is 13.2 Å². The van der Waals surface area contributed by atoms with Gasteiger partial charge in [-0.3, -0.25) is 4.90 Å². The molecule has 0 spiro atoms. The van der Waals surface area contributed by atoms with Gasteiger partial charge < -0.3 is 0 Å². The maximum Gasteiger partial charge on any atom is 0.404 e. The number of nitrogens with zero attached hydrogens (tertiary/aromatic N) is 1. The van der Waals surface area contributed by atoms with Crippen LogP contribution in [0.4, 0.5) is 13.2 Å². The van der Waals surface area contributed by atoms with Crippen LogP contribution in [0.15, 0.2) is 0 Å². The van der Waals surface area contributed by atoms with Crippen LogP contribution >= 0.6 is 0 Å². The van der Waals surface area contributed by atoms with Crippen LogP contribution in [0.5, 0.6) is 0 Å². The summed E-state index contributed by atoms with van der Waals surface area (Å²) in [6.45, 7) is 6.14. The maximum atomic E-state index is 12.8. The number of likely N-dealkylation sites (tertiary alicyclic amines) is 1. The fourth-order valence-electron chi connectivity index (χ4n) is 2.25. The van der Waals surface area contributed by atoms with E-state index in [-0.39, 0.29) is 0 Å². The standard InChI is InChI=1S/C10H18F3N/c1-9(2,3)8(10(11,12)13)14-6-4-5-7-14/h8H,4-7H2,1-3H3. The maximum absolute atomic E-state index is 12.8. The molecule has 0 bridgehead atoms. The highest BCUT2D eigenvalue weighted by molar-refractivity contribution is 4.90. The molecule has 1 saturated heterocycles. The molecule has 0 N–H and O–H groups in total. The molecule has 1 nitrogen and oxygen atoms in total. The van der Waals surface area contributed by atoms with Gasteiger partial charge in [-0.1, -0.05) is 20.8 Å². The molecular formula is C10H18F3N. The Hall–Kier alpha value is -0.250. The largest absolute Gasteiger partial charge is 0.404 e. The van der Waals surface area contributed by atoms with Crippen LogP contribution in [0.3, 0.4) is 0 Å². The first-order chi connectivity index (χ1) is 6.23. The number of halogens is 3. The van der Waals surface area contributed by atoms with E-state index in [1.807, 2.05) is 0 Å². The molecule has 0 amide bonds. The van der Waals surface area contributed by atoms with Crippen LogP contribution in [0, 0.1) is 5.41 Å². The molecule has 0 aromatic carbocycles. The number of alkyl halides is 3. The van der Waals surface area contributed by atoms with Crippen LogP contribution < -0.4 is 0 Å². The average Bonchev–Trinajstić information content (AvgIpc) is 2.31. The van der Waals surface area contributed by atoms with E-state index in [2.05, 4.69) is 0 Å². The summed E-state index contributed by atoms with van der Waals surface area (Å²) in [6, 6.07) is -1.29. The first kappa shape index (κ1) is 11.8. The van der Waals surface area contributed by atoms with Crippen LogP contribution in [-0.4, -0.2) is 30.2 Å². The van der Waals surface area contributed by atoms with Crippen molar-refractivity contribution in [3.8, 4) is 0 Å². The normalized spacial score (nSPS) is 22.7. The van der Waals surface area contributed by atoms with Crippen molar-refractivity contribution in [2.45, 2.75) is 45.8 Å². The van der Waals surface area contributed by atoms with E-state index in [4.69, 9.17) is 0 Å². The summed E-state index contributed by atoms with van der Waals surface area (Å²) in [6.07, 6.45) is -2.33. The first-order valence-electron chi connectivity index (χ1n) is 5.03. The minimum atomic E-state index is -4.11. The Morgan fingerprint density at radius 1 is 1.00 bits per heavy atom. The lowest BCUT2D eigenvalue weighted by Crippen LogP contribution is -2.52. The third kappa shape index (κ3) is 2.62. The Kier molecular flexibility index (Phi) is 3.14. The van der Waals surface area contributed by atoms with Gasteiger partial charge in [0.25, 0.3) is 0 Å². The molecule has 4 heteroatoms. The number of hydrogen-bond donors (Lipinski definition) is 0. The zero-order chi connectivity index (χ0) is 11.0. The summed E-state index contributed by atoms with van der Waals surface area (Å²) in [4.78, 5) is 1.57. The second-order valence-electron chi connectivity index (χ2n) is 5.05. The Bertz CT molecular complexity index is 173. The molecule has 0 saturated carbocycles. The molecule has 1 fully saturated rings. The lowest BCUT2D eigenvalue weighted by Gasteiger charge is -2.38. The summed E-state index contributed by atoms with van der Waals surface area (Å²) >= 11 is 0. The van der Waals surface area contributed by atoms with Gasteiger partial charge in [0.15, 0.2) is 0 Å². The molecule has 1 aliphatic heterocycles. The van der Waals surface area contributed by atoms with E-state index >= 15 is 0 Å². The van der Waals surface area contributed by atoms with Gasteiger partial charge in [0.2, 0.25) is 0 Å². The first-order valence-corrected chi connectivity index (χ1v) is 5.03. The van der Waals surface area contributed by atoms with Gasteiger partial charge in [0.05, 0.1) is 0 Å². The Balaban J connectivity index is 2.82. The molecule has 1 aliphatic rings. The molecule has 1 heterocycles. The molecule has 1 rings (SSSR count). The van der Waals surface area contributed by atoms with Crippen molar-refractivity contribution >= 4 is 0 Å². The van der Waals surface area contributed by atoms with Crippen LogP contribution in [0.1, 0.15) is 33.6 Å². The third-order valence-corrected chi connectivity index (χ3v) is 2.64. The predicted molar refractivity (Wildman–Crippen MR) is 50.1 cm³/mol. The molecule has 14 heavy (non-hydrogen) atoms. The minimum Gasteiger partial charge on any atom is -0.292 e. The van der Waals surface area contributed by atoms with Crippen molar-refractivity contribution < 1.29 is 13.2 Å². The summed E-state index contributed by atoms with van der Waals surface area (Å²) in [5, 5.41) is 0.